The van der Waals surface area contributed by atoms with Gasteiger partial charge in [0.1, 0.15) is 5.00 Å². The van der Waals surface area contributed by atoms with Crippen LogP contribution in [0.3, 0.4) is 0 Å². The molecule has 0 N–H and O–H groups in total. The molecule has 4 fully saturated rings. The summed E-state index contributed by atoms with van der Waals surface area (Å²) in [5, 5.41) is 3.10. The van der Waals surface area contributed by atoms with Crippen molar-refractivity contribution in [2.75, 3.05) is 31.1 Å². The molecule has 3 saturated heterocycles. The van der Waals surface area contributed by atoms with Gasteiger partial charge in [-0.2, -0.15) is 0 Å². The van der Waals surface area contributed by atoms with Gasteiger partial charge in [-0.05, 0) is 54.2 Å². The van der Waals surface area contributed by atoms with E-state index in [1.165, 1.54) is 57.2 Å². The van der Waals surface area contributed by atoms with Crippen molar-refractivity contribution >= 4 is 22.4 Å². The van der Waals surface area contributed by atoms with Gasteiger partial charge >= 0.3 is 6.09 Å². The summed E-state index contributed by atoms with van der Waals surface area (Å²) in [5.41, 5.74) is 1.41. The molecule has 1 unspecified atom stereocenters. The van der Waals surface area contributed by atoms with E-state index in [1.54, 1.807) is 11.3 Å². The molecule has 6 rings (SSSR count). The average Bonchev–Trinajstić information content (AvgIpc) is 3.54. The quantitative estimate of drug-likeness (QED) is 0.429. The summed E-state index contributed by atoms with van der Waals surface area (Å²) in [7, 11) is 0. The molecule has 2 aromatic rings. The molecule has 1 atom stereocenters. The predicted octanol–water partition coefficient (Wildman–Crippen LogP) is 6.47. The van der Waals surface area contributed by atoms with Crippen LogP contribution in [-0.4, -0.2) is 43.0 Å². The minimum Gasteiger partial charge on any atom is -0.396 e. The van der Waals surface area contributed by atoms with Gasteiger partial charge in [0.05, 0.1) is 19.6 Å². The Morgan fingerprint density at radius 2 is 1.81 bits per heavy atom. The van der Waals surface area contributed by atoms with Crippen molar-refractivity contribution in [2.24, 2.45) is 11.8 Å². The average molecular weight is 454 g/mol. The fourth-order valence-corrected chi connectivity index (χ4v) is 6.98. The van der Waals surface area contributed by atoms with Crippen molar-refractivity contribution in [2.45, 2.75) is 64.0 Å². The number of hydrogen-bond donors (Lipinski definition) is 0. The van der Waals surface area contributed by atoms with Crippen LogP contribution >= 0.6 is 11.3 Å². The number of rotatable bonds is 8. The number of ether oxygens (including phenoxy) is 1. The Morgan fingerprint density at radius 1 is 1.03 bits per heavy atom. The Hall–Kier alpha value is -1.85. The third-order valence-corrected chi connectivity index (χ3v) is 9.06. The number of quaternary nitrogens is 1. The number of anilines is 1. The summed E-state index contributed by atoms with van der Waals surface area (Å²) in [6.07, 6.45) is 10.8. The molecule has 0 spiro atoms. The van der Waals surface area contributed by atoms with Gasteiger partial charge in [-0.15, -0.1) is 11.3 Å². The summed E-state index contributed by atoms with van der Waals surface area (Å²) < 4.78 is 7.38. The molecule has 1 aromatic heterocycles. The van der Waals surface area contributed by atoms with Crippen LogP contribution < -0.4 is 4.90 Å². The topological polar surface area (TPSA) is 29.5 Å². The molecule has 32 heavy (non-hydrogen) atoms. The van der Waals surface area contributed by atoms with Crippen LogP contribution in [-0.2, 0) is 11.2 Å². The second kappa shape index (κ2) is 9.96. The molecule has 0 radical (unpaired) electrons. The van der Waals surface area contributed by atoms with E-state index in [1.807, 2.05) is 11.0 Å². The van der Waals surface area contributed by atoms with Gasteiger partial charge in [0.25, 0.3) is 0 Å². The highest BCUT2D eigenvalue weighted by atomic mass is 32.1. The molecule has 4 aliphatic rings. The van der Waals surface area contributed by atoms with Crippen LogP contribution in [0.25, 0.3) is 0 Å². The largest absolute Gasteiger partial charge is 0.419 e. The molecule has 1 amide bonds. The number of carbonyl (C=O) groups excluding carboxylic acids is 1. The molecule has 2 bridgehead atoms. The van der Waals surface area contributed by atoms with Crippen molar-refractivity contribution in [3.8, 4) is 0 Å². The zero-order valence-corrected chi connectivity index (χ0v) is 20.0. The monoisotopic (exact) mass is 453 g/mol. The Labute approximate surface area is 196 Å². The van der Waals surface area contributed by atoms with Gasteiger partial charge in [-0.3, -0.25) is 9.38 Å². The lowest BCUT2D eigenvalue weighted by Crippen LogP contribution is -2.66. The number of thiophene rings is 1. The highest BCUT2D eigenvalue weighted by Gasteiger charge is 2.49. The van der Waals surface area contributed by atoms with E-state index in [4.69, 9.17) is 4.74 Å². The highest BCUT2D eigenvalue weighted by Crippen LogP contribution is 2.40. The Morgan fingerprint density at radius 3 is 2.53 bits per heavy atom. The van der Waals surface area contributed by atoms with E-state index in [0.717, 1.165) is 47.8 Å². The lowest BCUT2D eigenvalue weighted by Gasteiger charge is -2.53. The van der Waals surface area contributed by atoms with Gasteiger partial charge in [0.15, 0.2) is 0 Å². The van der Waals surface area contributed by atoms with Gasteiger partial charge in [0, 0.05) is 32.2 Å². The first kappa shape index (κ1) is 22.0. The van der Waals surface area contributed by atoms with Crippen molar-refractivity contribution in [3.05, 3.63) is 53.4 Å². The summed E-state index contributed by atoms with van der Waals surface area (Å²) in [5.74, 6) is 1.34. The smallest absolute Gasteiger partial charge is 0.396 e. The van der Waals surface area contributed by atoms with Gasteiger partial charge in [-0.25, -0.2) is 4.79 Å². The molecule has 4 heterocycles. The number of aryl methyl sites for hydroxylation is 1. The van der Waals surface area contributed by atoms with Crippen LogP contribution in [0.2, 0.25) is 0 Å². The minimum absolute atomic E-state index is 0.0248. The predicted molar refractivity (Wildman–Crippen MR) is 131 cm³/mol. The lowest BCUT2D eigenvalue weighted by atomic mass is 9.84. The van der Waals surface area contributed by atoms with E-state index < -0.39 is 0 Å². The van der Waals surface area contributed by atoms with Crippen LogP contribution in [0.4, 0.5) is 9.80 Å². The minimum atomic E-state index is -0.113. The maximum absolute atomic E-state index is 13.5. The number of fused-ring (bicyclic) bond motifs is 3. The second-order valence-corrected chi connectivity index (χ2v) is 11.1. The van der Waals surface area contributed by atoms with E-state index in [2.05, 4.69) is 41.8 Å². The number of hydrogen-bond acceptors (Lipinski definition) is 3. The third-order valence-electron chi connectivity index (χ3n) is 8.17. The van der Waals surface area contributed by atoms with Gasteiger partial charge in [-0.1, -0.05) is 43.2 Å². The maximum Gasteiger partial charge on any atom is 0.419 e. The van der Waals surface area contributed by atoms with Crippen molar-refractivity contribution in [1.82, 2.24) is 0 Å². The van der Waals surface area contributed by atoms with Crippen molar-refractivity contribution in [1.29, 1.82) is 0 Å². The van der Waals surface area contributed by atoms with E-state index >= 15 is 0 Å². The van der Waals surface area contributed by atoms with Crippen LogP contribution in [0.5, 0.6) is 0 Å². The summed E-state index contributed by atoms with van der Waals surface area (Å²) >= 11 is 1.65. The Bertz CT molecular complexity index is 855. The molecule has 5 heteroatoms. The molecule has 1 aromatic carbocycles. The molecule has 172 valence electrons. The molecular weight excluding hydrogens is 416 g/mol. The number of piperidine rings is 3. The molecule has 4 nitrogen and oxygen atoms in total. The number of carbonyl (C=O) groups is 1. The maximum atomic E-state index is 13.5. The summed E-state index contributed by atoms with van der Waals surface area (Å²) in [4.78, 5) is 15.5. The van der Waals surface area contributed by atoms with E-state index in [0.29, 0.717) is 5.92 Å². The van der Waals surface area contributed by atoms with Crippen LogP contribution in [0.1, 0.15) is 56.9 Å². The molecule has 1 saturated carbocycles. The highest BCUT2D eigenvalue weighted by molar-refractivity contribution is 7.14. The van der Waals surface area contributed by atoms with E-state index in [-0.39, 0.29) is 12.3 Å². The SMILES string of the molecule is O=C(OC1CC2CC[N+]1(CCCc1ccccc1)CC2)N(CC1CCCC1)c1cccs1. The lowest BCUT2D eigenvalue weighted by molar-refractivity contribution is -0.984. The summed E-state index contributed by atoms with van der Waals surface area (Å²) in [6.45, 7) is 4.25. The first-order chi connectivity index (χ1) is 15.7. The first-order valence-corrected chi connectivity index (χ1v) is 13.5. The standard InChI is InChI=1S/C27H37N2O2S/c30-27(28(25-13-7-19-32-25)21-24-10-4-5-11-24)31-26-20-23-14-17-29(26,18-15-23)16-6-12-22-8-2-1-3-9-22/h1-3,7-9,13,19,23-24,26H,4-6,10-12,14-18,20-21H2/q+1. The third kappa shape index (κ3) is 4.89. The second-order valence-electron chi connectivity index (χ2n) is 10.2. The normalized spacial score (nSPS) is 27.5. The Kier molecular flexibility index (Phi) is 6.84. The fourth-order valence-electron chi connectivity index (χ4n) is 6.25. The van der Waals surface area contributed by atoms with Gasteiger partial charge in [0.2, 0.25) is 6.23 Å². The van der Waals surface area contributed by atoms with Gasteiger partial charge < -0.3 is 4.74 Å². The van der Waals surface area contributed by atoms with Crippen molar-refractivity contribution in [3.63, 3.8) is 0 Å². The number of benzene rings is 1. The van der Waals surface area contributed by atoms with Crippen LogP contribution in [0.15, 0.2) is 47.8 Å². The Balaban J connectivity index is 1.26. The molecule has 3 aliphatic heterocycles. The fraction of sp³-hybridized carbons (Fsp3) is 0.593. The zero-order valence-electron chi connectivity index (χ0n) is 19.2. The number of amides is 1. The van der Waals surface area contributed by atoms with E-state index in [9.17, 15) is 4.79 Å². The molecular formula is C27H37N2O2S+. The molecule has 1 aliphatic carbocycles. The van der Waals surface area contributed by atoms with Crippen LogP contribution in [0, 0.1) is 11.8 Å². The first-order valence-electron chi connectivity index (χ1n) is 12.6. The van der Waals surface area contributed by atoms with Crippen molar-refractivity contribution < 1.29 is 14.0 Å². The zero-order chi connectivity index (χ0) is 21.8. The number of nitrogens with zero attached hydrogens (tertiary/aromatic N) is 2. The summed E-state index contributed by atoms with van der Waals surface area (Å²) in [6, 6.07) is 14.9.